The average Bonchev–Trinajstić information content (AvgIpc) is 2.77. The molecule has 2 nitrogen and oxygen atoms in total. The van der Waals surface area contributed by atoms with Crippen molar-refractivity contribution in [3.05, 3.63) is 70.9 Å². The number of aryl methyl sites for hydroxylation is 1. The highest BCUT2D eigenvalue weighted by molar-refractivity contribution is 5.82. The van der Waals surface area contributed by atoms with Crippen LogP contribution in [0.15, 0.2) is 65.5 Å². The van der Waals surface area contributed by atoms with Crippen LogP contribution in [0.25, 0.3) is 22.2 Å². The Morgan fingerprint density at radius 1 is 0.690 bits per heavy atom. The number of fused-ring (bicyclic) bond motifs is 1. The van der Waals surface area contributed by atoms with Gasteiger partial charge in [-0.1, -0.05) is 107 Å². The van der Waals surface area contributed by atoms with E-state index in [0.29, 0.717) is 0 Å². The van der Waals surface area contributed by atoms with Gasteiger partial charge in [0.1, 0.15) is 0 Å². The third-order valence-electron chi connectivity index (χ3n) is 5.82. The molecule has 0 spiro atoms. The van der Waals surface area contributed by atoms with Crippen molar-refractivity contribution in [2.45, 2.75) is 77.7 Å². The smallest absolute Gasteiger partial charge is 0.190 e. The predicted molar refractivity (Wildman–Crippen MR) is 125 cm³/mol. The fourth-order valence-corrected chi connectivity index (χ4v) is 4.17. The monoisotopic (exact) mass is 389 g/mol. The van der Waals surface area contributed by atoms with Crippen molar-refractivity contribution in [2.75, 3.05) is 0 Å². The number of pyridine rings is 1. The van der Waals surface area contributed by atoms with Crippen LogP contribution in [0.4, 0.5) is 0 Å². The minimum Gasteiger partial charge on any atom is -0.340 e. The number of benzene rings is 2. The topological polar surface area (TPSA) is 22.0 Å². The molecule has 0 amide bonds. The Morgan fingerprint density at radius 2 is 1.28 bits per heavy atom. The maximum atomic E-state index is 12.7. The fourth-order valence-electron chi connectivity index (χ4n) is 4.17. The van der Waals surface area contributed by atoms with E-state index >= 15 is 0 Å². The van der Waals surface area contributed by atoms with E-state index in [9.17, 15) is 4.79 Å². The lowest BCUT2D eigenvalue weighted by Gasteiger charge is -2.17. The summed E-state index contributed by atoms with van der Waals surface area (Å²) in [6, 6.07) is 20.1. The van der Waals surface area contributed by atoms with Crippen molar-refractivity contribution < 1.29 is 0 Å². The molecule has 0 aliphatic rings. The molecular weight excluding hydrogens is 354 g/mol. The Labute approximate surface area is 175 Å². The molecule has 0 fully saturated rings. The molecule has 1 heterocycles. The molecule has 0 aliphatic heterocycles. The zero-order valence-electron chi connectivity index (χ0n) is 17.9. The molecule has 0 unspecified atom stereocenters. The van der Waals surface area contributed by atoms with Crippen LogP contribution in [0, 0.1) is 0 Å². The van der Waals surface area contributed by atoms with E-state index in [2.05, 4.69) is 29.7 Å². The van der Waals surface area contributed by atoms with E-state index < -0.39 is 0 Å². The van der Waals surface area contributed by atoms with Crippen molar-refractivity contribution >= 4 is 10.9 Å². The third kappa shape index (κ3) is 6.06. The highest BCUT2D eigenvalue weighted by Gasteiger charge is 2.10. The maximum absolute atomic E-state index is 12.7. The summed E-state index contributed by atoms with van der Waals surface area (Å²) in [6.07, 6.45) is 13.3. The van der Waals surface area contributed by atoms with Crippen LogP contribution in [-0.4, -0.2) is 4.57 Å². The quantitative estimate of drug-likeness (QED) is 0.292. The van der Waals surface area contributed by atoms with Gasteiger partial charge in [0.2, 0.25) is 0 Å². The van der Waals surface area contributed by atoms with E-state index in [0.717, 1.165) is 35.1 Å². The van der Waals surface area contributed by atoms with Gasteiger partial charge < -0.3 is 4.57 Å². The Hall–Kier alpha value is -2.35. The number of rotatable bonds is 12. The minimum atomic E-state index is 0.110. The van der Waals surface area contributed by atoms with Crippen molar-refractivity contribution in [3.8, 4) is 11.3 Å². The van der Waals surface area contributed by atoms with Gasteiger partial charge in [0.15, 0.2) is 5.43 Å². The molecule has 154 valence electrons. The van der Waals surface area contributed by atoms with Gasteiger partial charge in [0.25, 0.3) is 0 Å². The van der Waals surface area contributed by atoms with E-state index in [4.69, 9.17) is 0 Å². The van der Waals surface area contributed by atoms with Crippen LogP contribution in [0.2, 0.25) is 0 Å². The summed E-state index contributed by atoms with van der Waals surface area (Å²) in [4.78, 5) is 12.7. The molecule has 1 aromatic heterocycles. The lowest BCUT2D eigenvalue weighted by atomic mass is 10.1. The van der Waals surface area contributed by atoms with Crippen LogP contribution in [0.1, 0.15) is 71.1 Å². The van der Waals surface area contributed by atoms with Gasteiger partial charge in [0, 0.05) is 18.0 Å². The molecule has 0 radical (unpaired) electrons. The van der Waals surface area contributed by atoms with Crippen LogP contribution in [0.5, 0.6) is 0 Å². The minimum absolute atomic E-state index is 0.110. The average molecular weight is 390 g/mol. The molecule has 29 heavy (non-hydrogen) atoms. The molecule has 0 N–H and O–H groups in total. The molecule has 2 heteroatoms. The Bertz CT molecular complexity index is 926. The second-order valence-corrected chi connectivity index (χ2v) is 8.11. The number of unbranched alkanes of at least 4 members (excludes halogenated alkanes) is 9. The van der Waals surface area contributed by atoms with Crippen molar-refractivity contribution in [1.82, 2.24) is 4.57 Å². The lowest BCUT2D eigenvalue weighted by molar-refractivity contribution is 0.539. The molecule has 0 atom stereocenters. The first kappa shape index (κ1) is 21.4. The summed E-state index contributed by atoms with van der Waals surface area (Å²) in [5.41, 5.74) is 3.31. The van der Waals surface area contributed by atoms with Crippen LogP contribution < -0.4 is 5.43 Å². The Balaban J connectivity index is 1.62. The van der Waals surface area contributed by atoms with Gasteiger partial charge in [0.05, 0.1) is 11.2 Å². The molecule has 0 bridgehead atoms. The van der Waals surface area contributed by atoms with Gasteiger partial charge >= 0.3 is 0 Å². The predicted octanol–water partition coefficient (Wildman–Crippen LogP) is 7.59. The van der Waals surface area contributed by atoms with Gasteiger partial charge in [-0.25, -0.2) is 0 Å². The van der Waals surface area contributed by atoms with Crippen LogP contribution >= 0.6 is 0 Å². The van der Waals surface area contributed by atoms with Crippen LogP contribution in [0.3, 0.4) is 0 Å². The standard InChI is InChI=1S/C27H35NO/c1-2-3-4-5-6-7-8-9-10-16-21-28-25-20-15-14-19-24(25)27(29)22-26(28)23-17-12-11-13-18-23/h11-15,17-20,22H,2-10,16,21H2,1H3. The number of hydrogen-bond donors (Lipinski definition) is 0. The molecule has 2 aromatic carbocycles. The molecule has 0 aliphatic carbocycles. The molecular formula is C27H35NO. The first-order chi connectivity index (χ1) is 14.3. The van der Waals surface area contributed by atoms with Crippen molar-refractivity contribution in [2.24, 2.45) is 0 Å². The summed E-state index contributed by atoms with van der Waals surface area (Å²) >= 11 is 0. The fraction of sp³-hybridized carbons (Fsp3) is 0.444. The first-order valence-electron chi connectivity index (χ1n) is 11.5. The molecule has 3 aromatic rings. The Kier molecular flexibility index (Phi) is 8.55. The van der Waals surface area contributed by atoms with E-state index in [1.54, 1.807) is 0 Å². The Morgan fingerprint density at radius 3 is 1.97 bits per heavy atom. The molecule has 0 saturated heterocycles. The van der Waals surface area contributed by atoms with E-state index in [-0.39, 0.29) is 5.43 Å². The summed E-state index contributed by atoms with van der Waals surface area (Å²) in [5, 5.41) is 0.819. The third-order valence-corrected chi connectivity index (χ3v) is 5.82. The summed E-state index contributed by atoms with van der Waals surface area (Å²) in [7, 11) is 0. The number of para-hydroxylation sites is 1. The van der Waals surface area contributed by atoms with E-state index in [1.165, 1.54) is 57.8 Å². The number of nitrogens with zero attached hydrogens (tertiary/aromatic N) is 1. The SMILES string of the molecule is CCCCCCCCCCCCn1c(-c2ccccc2)cc(=O)c2ccccc21. The van der Waals surface area contributed by atoms with Crippen molar-refractivity contribution in [1.29, 1.82) is 0 Å². The summed E-state index contributed by atoms with van der Waals surface area (Å²) in [6.45, 7) is 3.23. The maximum Gasteiger partial charge on any atom is 0.190 e. The lowest BCUT2D eigenvalue weighted by Crippen LogP contribution is -2.12. The largest absolute Gasteiger partial charge is 0.340 e. The second-order valence-electron chi connectivity index (χ2n) is 8.11. The van der Waals surface area contributed by atoms with Gasteiger partial charge in [-0.05, 0) is 24.1 Å². The normalized spacial score (nSPS) is 11.2. The summed E-state index contributed by atoms with van der Waals surface area (Å²) in [5.74, 6) is 0. The zero-order valence-corrected chi connectivity index (χ0v) is 17.9. The highest BCUT2D eigenvalue weighted by Crippen LogP contribution is 2.23. The van der Waals surface area contributed by atoms with Gasteiger partial charge in [-0.3, -0.25) is 4.79 Å². The van der Waals surface area contributed by atoms with Gasteiger partial charge in [-0.15, -0.1) is 0 Å². The second kappa shape index (κ2) is 11.6. The number of aromatic nitrogens is 1. The number of hydrogen-bond acceptors (Lipinski definition) is 1. The first-order valence-corrected chi connectivity index (χ1v) is 11.5. The molecule has 3 rings (SSSR count). The van der Waals surface area contributed by atoms with Crippen LogP contribution in [-0.2, 0) is 6.54 Å². The molecule has 0 saturated carbocycles. The highest BCUT2D eigenvalue weighted by atomic mass is 16.1. The van der Waals surface area contributed by atoms with E-state index in [1.807, 2.05) is 42.5 Å². The zero-order chi connectivity index (χ0) is 20.3. The van der Waals surface area contributed by atoms with Crippen molar-refractivity contribution in [3.63, 3.8) is 0 Å². The van der Waals surface area contributed by atoms with Gasteiger partial charge in [-0.2, -0.15) is 0 Å². The summed E-state index contributed by atoms with van der Waals surface area (Å²) < 4.78 is 2.34.